The molecule has 2 heterocycles. The maximum atomic E-state index is 5.75. The highest BCUT2D eigenvalue weighted by Gasteiger charge is 2.13. The molecule has 21 heavy (non-hydrogen) atoms. The van der Waals surface area contributed by atoms with Crippen molar-refractivity contribution in [2.75, 3.05) is 19.2 Å². The highest BCUT2D eigenvalue weighted by atomic mass is 16.7. The van der Waals surface area contributed by atoms with Crippen LogP contribution >= 0.6 is 0 Å². The van der Waals surface area contributed by atoms with Crippen LogP contribution in [0.15, 0.2) is 24.3 Å². The van der Waals surface area contributed by atoms with Crippen LogP contribution in [0.3, 0.4) is 0 Å². The molecule has 0 fully saturated rings. The smallest absolute Gasteiger partial charge is 0.231 e. The number of nitrogens with one attached hydrogen (secondary N) is 1. The number of hydrogen-bond donors (Lipinski definition) is 1. The molecule has 3 rings (SSSR count). The zero-order chi connectivity index (χ0) is 14.7. The van der Waals surface area contributed by atoms with E-state index in [1.54, 1.807) is 6.07 Å². The van der Waals surface area contributed by atoms with Crippen LogP contribution in [-0.2, 0) is 13.0 Å². The standard InChI is InChI=1S/C15H17N3O3/c1-3-13-17-14(16-2)7-15(18-13)19-8-10-4-5-11-12(6-10)21-9-20-11/h4-7H,3,8-9H2,1-2H3,(H,16,17,18). The van der Waals surface area contributed by atoms with Crippen LogP contribution in [-0.4, -0.2) is 23.8 Å². The Labute approximate surface area is 123 Å². The molecule has 0 radical (unpaired) electrons. The van der Waals surface area contributed by atoms with Crippen LogP contribution in [0.25, 0.3) is 0 Å². The summed E-state index contributed by atoms with van der Waals surface area (Å²) in [7, 11) is 1.82. The predicted molar refractivity (Wildman–Crippen MR) is 77.9 cm³/mol. The van der Waals surface area contributed by atoms with E-state index in [0.717, 1.165) is 35.1 Å². The largest absolute Gasteiger partial charge is 0.473 e. The molecule has 0 atom stereocenters. The molecule has 0 saturated carbocycles. The van der Waals surface area contributed by atoms with Crippen molar-refractivity contribution in [3.05, 3.63) is 35.7 Å². The lowest BCUT2D eigenvalue weighted by molar-refractivity contribution is 0.174. The van der Waals surface area contributed by atoms with Crippen LogP contribution in [0.2, 0.25) is 0 Å². The summed E-state index contributed by atoms with van der Waals surface area (Å²) in [6.45, 7) is 2.70. The summed E-state index contributed by atoms with van der Waals surface area (Å²) in [6, 6.07) is 7.54. The number of benzene rings is 1. The number of nitrogens with zero attached hydrogens (tertiary/aromatic N) is 2. The van der Waals surface area contributed by atoms with Gasteiger partial charge in [0, 0.05) is 19.5 Å². The molecule has 0 amide bonds. The van der Waals surface area contributed by atoms with Crippen molar-refractivity contribution < 1.29 is 14.2 Å². The number of rotatable bonds is 5. The van der Waals surface area contributed by atoms with Gasteiger partial charge < -0.3 is 19.5 Å². The van der Waals surface area contributed by atoms with Gasteiger partial charge in [-0.15, -0.1) is 0 Å². The number of hydrogen-bond acceptors (Lipinski definition) is 6. The Kier molecular flexibility index (Phi) is 3.77. The van der Waals surface area contributed by atoms with Crippen molar-refractivity contribution in [2.24, 2.45) is 0 Å². The Morgan fingerprint density at radius 2 is 2.05 bits per heavy atom. The Bertz CT molecular complexity index is 624. The zero-order valence-corrected chi connectivity index (χ0v) is 12.0. The first-order chi connectivity index (χ1) is 10.3. The van der Waals surface area contributed by atoms with Gasteiger partial charge in [-0.3, -0.25) is 0 Å². The number of ether oxygens (including phenoxy) is 3. The lowest BCUT2D eigenvalue weighted by Gasteiger charge is -2.09. The van der Waals surface area contributed by atoms with Crippen molar-refractivity contribution in [1.82, 2.24) is 9.97 Å². The molecule has 0 aliphatic carbocycles. The molecule has 6 nitrogen and oxygen atoms in total. The van der Waals surface area contributed by atoms with Crippen molar-refractivity contribution in [1.29, 1.82) is 0 Å². The Balaban J connectivity index is 1.72. The number of aromatic nitrogens is 2. The highest BCUT2D eigenvalue weighted by Crippen LogP contribution is 2.32. The van der Waals surface area contributed by atoms with Crippen LogP contribution in [0.1, 0.15) is 18.3 Å². The summed E-state index contributed by atoms with van der Waals surface area (Å²) >= 11 is 0. The summed E-state index contributed by atoms with van der Waals surface area (Å²) in [5.41, 5.74) is 1.00. The van der Waals surface area contributed by atoms with E-state index in [1.165, 1.54) is 0 Å². The van der Waals surface area contributed by atoms with Crippen LogP contribution in [0.4, 0.5) is 5.82 Å². The number of anilines is 1. The van der Waals surface area contributed by atoms with E-state index in [1.807, 2.05) is 32.2 Å². The normalized spacial score (nSPS) is 12.3. The Morgan fingerprint density at radius 3 is 2.86 bits per heavy atom. The van der Waals surface area contributed by atoms with Gasteiger partial charge in [0.15, 0.2) is 11.5 Å². The van der Waals surface area contributed by atoms with E-state index < -0.39 is 0 Å². The van der Waals surface area contributed by atoms with Crippen LogP contribution in [0, 0.1) is 0 Å². The van der Waals surface area contributed by atoms with Crippen molar-refractivity contribution in [3.8, 4) is 17.4 Å². The van der Waals surface area contributed by atoms with Crippen LogP contribution in [0.5, 0.6) is 17.4 Å². The van der Waals surface area contributed by atoms with E-state index in [2.05, 4.69) is 15.3 Å². The van der Waals surface area contributed by atoms with E-state index >= 15 is 0 Å². The SMILES string of the molecule is CCc1nc(NC)cc(OCc2ccc3c(c2)OCO3)n1. The lowest BCUT2D eigenvalue weighted by atomic mass is 10.2. The third-order valence-electron chi connectivity index (χ3n) is 3.15. The van der Waals surface area contributed by atoms with E-state index in [-0.39, 0.29) is 6.79 Å². The van der Waals surface area contributed by atoms with Gasteiger partial charge in [-0.1, -0.05) is 13.0 Å². The van der Waals surface area contributed by atoms with Crippen molar-refractivity contribution in [3.63, 3.8) is 0 Å². The van der Waals surface area contributed by atoms with Gasteiger partial charge in [0.05, 0.1) is 0 Å². The second-order valence-electron chi connectivity index (χ2n) is 4.59. The van der Waals surface area contributed by atoms with Gasteiger partial charge in [0.25, 0.3) is 0 Å². The zero-order valence-electron chi connectivity index (χ0n) is 12.0. The van der Waals surface area contributed by atoms with Gasteiger partial charge in [-0.2, -0.15) is 4.98 Å². The maximum Gasteiger partial charge on any atom is 0.231 e. The summed E-state index contributed by atoms with van der Waals surface area (Å²) in [6.07, 6.45) is 0.760. The second kappa shape index (κ2) is 5.87. The van der Waals surface area contributed by atoms with E-state index in [4.69, 9.17) is 14.2 Å². The average Bonchev–Trinajstić information content (AvgIpc) is 3.00. The molecular formula is C15H17N3O3. The molecule has 1 aromatic carbocycles. The minimum Gasteiger partial charge on any atom is -0.473 e. The third-order valence-corrected chi connectivity index (χ3v) is 3.15. The number of fused-ring (bicyclic) bond motifs is 1. The molecule has 1 N–H and O–H groups in total. The molecule has 0 bridgehead atoms. The molecule has 6 heteroatoms. The minimum atomic E-state index is 0.275. The molecule has 0 saturated heterocycles. The first kappa shape index (κ1) is 13.5. The molecular weight excluding hydrogens is 270 g/mol. The van der Waals surface area contributed by atoms with E-state index in [9.17, 15) is 0 Å². The average molecular weight is 287 g/mol. The second-order valence-corrected chi connectivity index (χ2v) is 4.59. The topological polar surface area (TPSA) is 65.5 Å². The van der Waals surface area contributed by atoms with Gasteiger partial charge in [-0.25, -0.2) is 4.98 Å². The molecule has 1 aliphatic rings. The maximum absolute atomic E-state index is 5.75. The minimum absolute atomic E-state index is 0.275. The summed E-state index contributed by atoms with van der Waals surface area (Å²) < 4.78 is 16.4. The van der Waals surface area contributed by atoms with Crippen molar-refractivity contribution in [2.45, 2.75) is 20.0 Å². The Morgan fingerprint density at radius 1 is 1.19 bits per heavy atom. The summed E-state index contributed by atoms with van der Waals surface area (Å²) in [5.74, 6) is 3.59. The van der Waals surface area contributed by atoms with Gasteiger partial charge >= 0.3 is 0 Å². The van der Waals surface area contributed by atoms with Gasteiger partial charge in [-0.05, 0) is 17.7 Å². The summed E-state index contributed by atoms with van der Waals surface area (Å²) in [5, 5.41) is 3.01. The monoisotopic (exact) mass is 287 g/mol. The lowest BCUT2D eigenvalue weighted by Crippen LogP contribution is -2.03. The molecule has 2 aromatic rings. The molecule has 0 unspecified atom stereocenters. The van der Waals surface area contributed by atoms with Gasteiger partial charge in [0.1, 0.15) is 18.2 Å². The first-order valence-electron chi connectivity index (χ1n) is 6.85. The molecule has 1 aliphatic heterocycles. The van der Waals surface area contributed by atoms with Gasteiger partial charge in [0.2, 0.25) is 12.7 Å². The molecule has 110 valence electrons. The number of aryl methyl sites for hydroxylation is 1. The first-order valence-corrected chi connectivity index (χ1v) is 6.85. The summed E-state index contributed by atoms with van der Waals surface area (Å²) in [4.78, 5) is 8.69. The fourth-order valence-electron chi connectivity index (χ4n) is 2.02. The fourth-order valence-corrected chi connectivity index (χ4v) is 2.02. The molecule has 1 aromatic heterocycles. The highest BCUT2D eigenvalue weighted by molar-refractivity contribution is 5.44. The van der Waals surface area contributed by atoms with Crippen LogP contribution < -0.4 is 19.5 Å². The quantitative estimate of drug-likeness (QED) is 0.911. The Hall–Kier alpha value is -2.50. The fraction of sp³-hybridized carbons (Fsp3) is 0.333. The third kappa shape index (κ3) is 2.99. The predicted octanol–water partition coefficient (Wildman–Crippen LogP) is 2.39. The van der Waals surface area contributed by atoms with E-state index in [0.29, 0.717) is 12.5 Å². The molecule has 0 spiro atoms. The van der Waals surface area contributed by atoms with Crippen molar-refractivity contribution >= 4 is 5.82 Å².